The maximum Gasteiger partial charge on any atom is 0.303 e. The van der Waals surface area contributed by atoms with Gasteiger partial charge in [0.25, 0.3) is 0 Å². The average molecular weight is 389 g/mol. The molecule has 0 aliphatic rings. The molecule has 0 fully saturated rings. The maximum atomic E-state index is 10.3. The first-order valence-corrected chi connectivity index (χ1v) is 11.0. The second-order valence-electron chi connectivity index (χ2n) is 6.61. The van der Waals surface area contributed by atoms with E-state index in [1.54, 1.807) is 0 Å². The Bertz CT molecular complexity index is 301. The van der Waals surface area contributed by atoms with Gasteiger partial charge in [0.15, 0.2) is 0 Å². The number of hydrogen-bond acceptors (Lipinski definition) is 4. The van der Waals surface area contributed by atoms with Crippen LogP contribution in [-0.2, 0) is 19.6 Å². The van der Waals surface area contributed by atoms with Crippen LogP contribution in [0.15, 0.2) is 12.2 Å². The lowest BCUT2D eigenvalue weighted by atomic mass is 10.1. The van der Waals surface area contributed by atoms with E-state index in [2.05, 4.69) is 33.9 Å². The number of hydrogen-bond donors (Lipinski definition) is 1. The Kier molecular flexibility index (Phi) is 28.6. The zero-order chi connectivity index (χ0) is 20.4. The maximum absolute atomic E-state index is 10.3. The predicted molar refractivity (Wildman–Crippen MR) is 111 cm³/mol. The molecule has 162 valence electrons. The van der Waals surface area contributed by atoms with Crippen LogP contribution in [0.1, 0.15) is 111 Å². The van der Waals surface area contributed by atoms with Crippen molar-refractivity contribution in [3.05, 3.63) is 12.2 Å². The van der Waals surface area contributed by atoms with Crippen molar-refractivity contribution in [3.63, 3.8) is 0 Å². The summed E-state index contributed by atoms with van der Waals surface area (Å²) in [7, 11) is 0. The van der Waals surface area contributed by atoms with Gasteiger partial charge in [-0.3, -0.25) is 4.79 Å². The van der Waals surface area contributed by atoms with E-state index in [0.717, 1.165) is 12.8 Å². The van der Waals surface area contributed by atoms with Crippen LogP contribution in [0.3, 0.4) is 0 Å². The molecule has 0 saturated carbocycles. The number of aliphatic carboxylic acids is 1. The van der Waals surface area contributed by atoms with Gasteiger partial charge in [0.1, 0.15) is 0 Å². The monoisotopic (exact) mass is 388 g/mol. The van der Waals surface area contributed by atoms with E-state index < -0.39 is 5.97 Å². The predicted octanol–water partition coefficient (Wildman–Crippen LogP) is 7.01. The third-order valence-corrected chi connectivity index (χ3v) is 3.98. The lowest BCUT2D eigenvalue weighted by Gasteiger charge is -1.99. The Morgan fingerprint density at radius 3 is 1.59 bits per heavy atom. The van der Waals surface area contributed by atoms with Gasteiger partial charge in [-0.25, -0.2) is 9.78 Å². The molecular weight excluding hydrogens is 344 g/mol. The van der Waals surface area contributed by atoms with E-state index >= 15 is 0 Å². The van der Waals surface area contributed by atoms with Crippen molar-refractivity contribution in [1.29, 1.82) is 0 Å². The minimum Gasteiger partial charge on any atom is -0.481 e. The highest BCUT2D eigenvalue weighted by atomic mass is 17.5. The molecule has 0 heterocycles. The van der Waals surface area contributed by atoms with E-state index in [4.69, 9.17) is 5.11 Å². The van der Waals surface area contributed by atoms with E-state index in [0.29, 0.717) is 19.6 Å². The van der Waals surface area contributed by atoms with Gasteiger partial charge in [0, 0.05) is 6.42 Å². The first kappa shape index (κ1) is 28.3. The Morgan fingerprint density at radius 1 is 0.704 bits per heavy atom. The topological polar surface area (TPSA) is 65.0 Å². The lowest BCUT2D eigenvalue weighted by molar-refractivity contribution is -0.509. The minimum atomic E-state index is -0.664. The third kappa shape index (κ3) is 33.1. The standard InChI is InChI=1S/C18H34O2.C4H10O3/c1-2-3-4-5-6-7-8-9-10-11-12-13-14-15-16-17-18(19)20;1-3-5-7-6-4-2/h9-10H,2-8,11-17H2,1H3,(H,19,20);3-4H2,1-2H3/b10-9-;. The molecule has 0 aromatic carbocycles. The first-order chi connectivity index (χ1) is 13.2. The molecule has 1 N–H and O–H groups in total. The number of unbranched alkanes of at least 4 members (excludes halogenated alkanes) is 11. The molecular formula is C22H44O5. The van der Waals surface area contributed by atoms with Crippen LogP contribution in [0.25, 0.3) is 0 Å². The molecule has 0 saturated heterocycles. The molecule has 5 nitrogen and oxygen atoms in total. The van der Waals surface area contributed by atoms with Gasteiger partial charge in [-0.2, -0.15) is 0 Å². The Balaban J connectivity index is 0. The van der Waals surface area contributed by atoms with Gasteiger partial charge < -0.3 is 5.11 Å². The largest absolute Gasteiger partial charge is 0.481 e. The summed E-state index contributed by atoms with van der Waals surface area (Å²) in [5, 5.41) is 12.6. The van der Waals surface area contributed by atoms with Crippen LogP contribution in [0.2, 0.25) is 0 Å². The molecule has 0 aliphatic carbocycles. The number of carbonyl (C=O) groups is 1. The summed E-state index contributed by atoms with van der Waals surface area (Å²) in [5.74, 6) is -0.664. The Hall–Kier alpha value is -0.910. The SMILES string of the molecule is CCCCCCCC/C=C\CCCCCCCC(=O)O.CCOOOCC. The van der Waals surface area contributed by atoms with Gasteiger partial charge >= 0.3 is 5.97 Å². The zero-order valence-corrected chi connectivity index (χ0v) is 18.0. The molecule has 0 atom stereocenters. The molecule has 0 rings (SSSR count). The normalized spacial score (nSPS) is 10.8. The first-order valence-electron chi connectivity index (χ1n) is 11.0. The fourth-order valence-electron chi connectivity index (χ4n) is 2.48. The molecule has 0 aliphatic heterocycles. The van der Waals surface area contributed by atoms with Crippen LogP contribution in [-0.4, -0.2) is 24.3 Å². The van der Waals surface area contributed by atoms with E-state index in [-0.39, 0.29) is 0 Å². The second kappa shape index (κ2) is 27.3. The summed E-state index contributed by atoms with van der Waals surface area (Å²) in [4.78, 5) is 19.0. The van der Waals surface area contributed by atoms with E-state index in [9.17, 15) is 4.79 Å². The summed E-state index contributed by atoms with van der Waals surface area (Å²) in [5.41, 5.74) is 0. The number of rotatable bonds is 19. The van der Waals surface area contributed by atoms with Crippen molar-refractivity contribution in [2.75, 3.05) is 13.2 Å². The molecule has 0 radical (unpaired) electrons. The molecule has 0 aromatic heterocycles. The van der Waals surface area contributed by atoms with Crippen molar-refractivity contribution in [2.24, 2.45) is 0 Å². The van der Waals surface area contributed by atoms with Gasteiger partial charge in [-0.1, -0.05) is 75.5 Å². The van der Waals surface area contributed by atoms with E-state index in [1.165, 1.54) is 70.6 Å². The van der Waals surface area contributed by atoms with Crippen LogP contribution < -0.4 is 0 Å². The average Bonchev–Trinajstić information content (AvgIpc) is 2.65. The quantitative estimate of drug-likeness (QED) is 0.111. The highest BCUT2D eigenvalue weighted by molar-refractivity contribution is 5.66. The van der Waals surface area contributed by atoms with Crippen molar-refractivity contribution in [3.8, 4) is 0 Å². The van der Waals surface area contributed by atoms with Gasteiger partial charge in [-0.15, -0.1) is 0 Å². The highest BCUT2D eigenvalue weighted by Gasteiger charge is 1.95. The Morgan fingerprint density at radius 2 is 1.15 bits per heavy atom. The zero-order valence-electron chi connectivity index (χ0n) is 18.0. The van der Waals surface area contributed by atoms with Gasteiger partial charge in [0.2, 0.25) is 0 Å². The molecule has 0 spiro atoms. The van der Waals surface area contributed by atoms with Crippen molar-refractivity contribution < 1.29 is 24.7 Å². The molecule has 5 heteroatoms. The lowest BCUT2D eigenvalue weighted by Crippen LogP contribution is -1.94. The second-order valence-corrected chi connectivity index (χ2v) is 6.61. The smallest absolute Gasteiger partial charge is 0.303 e. The molecule has 27 heavy (non-hydrogen) atoms. The summed E-state index contributed by atoms with van der Waals surface area (Å²) in [6.07, 6.45) is 21.2. The molecule has 0 amide bonds. The van der Waals surface area contributed by atoms with Gasteiger partial charge in [-0.05, 0) is 46.0 Å². The summed E-state index contributed by atoms with van der Waals surface area (Å²) in [6.45, 7) is 6.92. The molecule has 0 aromatic rings. The van der Waals surface area contributed by atoms with Crippen LogP contribution in [0.5, 0.6) is 0 Å². The fourth-order valence-corrected chi connectivity index (χ4v) is 2.48. The number of carboxylic acids is 1. The third-order valence-electron chi connectivity index (χ3n) is 3.98. The summed E-state index contributed by atoms with van der Waals surface area (Å²) >= 11 is 0. The molecule has 0 bridgehead atoms. The van der Waals surface area contributed by atoms with Crippen molar-refractivity contribution >= 4 is 5.97 Å². The van der Waals surface area contributed by atoms with Crippen molar-refractivity contribution in [2.45, 2.75) is 111 Å². The number of carboxylic acid groups (broad SMARTS) is 1. The van der Waals surface area contributed by atoms with Crippen LogP contribution in [0.4, 0.5) is 0 Å². The minimum absolute atomic E-state index is 0.332. The Labute approximate surface area is 167 Å². The van der Waals surface area contributed by atoms with Crippen LogP contribution in [0, 0.1) is 0 Å². The van der Waals surface area contributed by atoms with Crippen LogP contribution >= 0.6 is 0 Å². The fraction of sp³-hybridized carbons (Fsp3) is 0.864. The van der Waals surface area contributed by atoms with Gasteiger partial charge in [0.05, 0.1) is 13.2 Å². The van der Waals surface area contributed by atoms with Crippen molar-refractivity contribution in [1.82, 2.24) is 0 Å². The summed E-state index contributed by atoms with van der Waals surface area (Å²) in [6, 6.07) is 0. The molecule has 0 unspecified atom stereocenters. The highest BCUT2D eigenvalue weighted by Crippen LogP contribution is 2.09. The summed E-state index contributed by atoms with van der Waals surface area (Å²) < 4.78 is 0. The van der Waals surface area contributed by atoms with E-state index in [1.807, 2.05) is 13.8 Å². The number of allylic oxidation sites excluding steroid dienone is 2.